The molecule has 0 unspecified atom stereocenters. The third-order valence-electron chi connectivity index (χ3n) is 2.61. The third kappa shape index (κ3) is 2.23. The number of aromatic carboxylic acids is 1. The molecule has 2 rings (SSSR count). The number of nitrogens with zero attached hydrogens (tertiary/aromatic N) is 2. The number of carbonyl (C=O) groups is 1. The summed E-state index contributed by atoms with van der Waals surface area (Å²) >= 11 is 0. The van der Waals surface area contributed by atoms with Gasteiger partial charge in [-0.15, -0.1) is 10.2 Å². The van der Waals surface area contributed by atoms with Crippen molar-refractivity contribution in [1.29, 1.82) is 0 Å². The molecule has 0 saturated heterocycles. The Bertz CT molecular complexity index is 357. The largest absolute Gasteiger partial charge is 0.476 e. The Hall–Kier alpha value is -1.65. The maximum atomic E-state index is 10.5. The summed E-state index contributed by atoms with van der Waals surface area (Å²) in [6.07, 6.45) is 2.28. The van der Waals surface area contributed by atoms with Crippen molar-refractivity contribution < 1.29 is 9.90 Å². The van der Waals surface area contributed by atoms with Gasteiger partial charge in [0, 0.05) is 6.04 Å². The van der Waals surface area contributed by atoms with E-state index in [9.17, 15) is 4.79 Å². The molecule has 0 radical (unpaired) electrons. The molecule has 80 valence electrons. The van der Waals surface area contributed by atoms with E-state index in [0.717, 1.165) is 18.8 Å². The van der Waals surface area contributed by atoms with Crippen LogP contribution in [0.15, 0.2) is 12.1 Å². The van der Waals surface area contributed by atoms with E-state index in [1.165, 1.54) is 6.07 Å². The molecule has 0 aliphatic heterocycles. The molecule has 2 N–H and O–H groups in total. The van der Waals surface area contributed by atoms with E-state index < -0.39 is 5.97 Å². The monoisotopic (exact) mass is 207 g/mol. The van der Waals surface area contributed by atoms with Crippen molar-refractivity contribution in [1.82, 2.24) is 10.2 Å². The van der Waals surface area contributed by atoms with Crippen LogP contribution in [0.5, 0.6) is 0 Å². The van der Waals surface area contributed by atoms with Crippen LogP contribution in [0.3, 0.4) is 0 Å². The van der Waals surface area contributed by atoms with Crippen molar-refractivity contribution in [2.75, 3.05) is 5.32 Å². The van der Waals surface area contributed by atoms with Gasteiger partial charge in [0.1, 0.15) is 5.82 Å². The van der Waals surface area contributed by atoms with Gasteiger partial charge in [-0.25, -0.2) is 4.79 Å². The van der Waals surface area contributed by atoms with E-state index in [4.69, 9.17) is 5.11 Å². The molecule has 1 aromatic heterocycles. The second-order valence-corrected chi connectivity index (χ2v) is 4.03. The maximum Gasteiger partial charge on any atom is 0.356 e. The van der Waals surface area contributed by atoms with Crippen LogP contribution in [0.1, 0.15) is 30.3 Å². The van der Waals surface area contributed by atoms with Gasteiger partial charge in [0.25, 0.3) is 0 Å². The zero-order chi connectivity index (χ0) is 10.8. The van der Waals surface area contributed by atoms with Crippen LogP contribution in [-0.4, -0.2) is 27.3 Å². The highest BCUT2D eigenvalue weighted by Gasteiger charge is 2.25. The molecule has 5 heteroatoms. The van der Waals surface area contributed by atoms with Gasteiger partial charge in [0.05, 0.1) is 0 Å². The molecule has 1 fully saturated rings. The number of nitrogens with one attached hydrogen (secondary N) is 1. The average Bonchev–Trinajstić information content (AvgIpc) is 2.16. The summed E-state index contributed by atoms with van der Waals surface area (Å²) in [5.41, 5.74) is -0.0254. The lowest BCUT2D eigenvalue weighted by Gasteiger charge is -2.33. The fraction of sp³-hybridized carbons (Fsp3) is 0.500. The van der Waals surface area contributed by atoms with Crippen LogP contribution in [0, 0.1) is 5.92 Å². The topological polar surface area (TPSA) is 75.1 Å². The molecule has 1 aliphatic rings. The van der Waals surface area contributed by atoms with Crippen LogP contribution < -0.4 is 5.32 Å². The Morgan fingerprint density at radius 1 is 1.47 bits per heavy atom. The van der Waals surface area contributed by atoms with Gasteiger partial charge < -0.3 is 10.4 Å². The van der Waals surface area contributed by atoms with E-state index in [-0.39, 0.29) is 5.69 Å². The van der Waals surface area contributed by atoms with Crippen molar-refractivity contribution in [2.24, 2.45) is 5.92 Å². The van der Waals surface area contributed by atoms with Gasteiger partial charge >= 0.3 is 5.97 Å². The number of aromatic nitrogens is 2. The number of rotatable bonds is 3. The van der Waals surface area contributed by atoms with Crippen LogP contribution in [0.4, 0.5) is 5.82 Å². The Morgan fingerprint density at radius 2 is 2.20 bits per heavy atom. The van der Waals surface area contributed by atoms with Crippen molar-refractivity contribution in [3.05, 3.63) is 17.8 Å². The number of anilines is 1. The molecule has 1 aromatic rings. The average molecular weight is 207 g/mol. The lowest BCUT2D eigenvalue weighted by molar-refractivity contribution is 0.0689. The van der Waals surface area contributed by atoms with Crippen molar-refractivity contribution >= 4 is 11.8 Å². The van der Waals surface area contributed by atoms with Crippen LogP contribution in [-0.2, 0) is 0 Å². The second kappa shape index (κ2) is 3.84. The highest BCUT2D eigenvalue weighted by atomic mass is 16.4. The molecular weight excluding hydrogens is 194 g/mol. The van der Waals surface area contributed by atoms with Crippen molar-refractivity contribution in [3.8, 4) is 0 Å². The maximum absolute atomic E-state index is 10.5. The molecule has 1 saturated carbocycles. The van der Waals surface area contributed by atoms with Gasteiger partial charge in [0.2, 0.25) is 0 Å². The molecule has 0 bridgehead atoms. The summed E-state index contributed by atoms with van der Waals surface area (Å²) in [4.78, 5) is 10.5. The standard InChI is InChI=1S/C10H13N3O2/c1-6-4-7(5-6)11-9-3-2-8(10(14)15)12-13-9/h2-3,6-7H,4-5H2,1H3,(H,11,13)(H,14,15). The predicted octanol–water partition coefficient (Wildman–Crippen LogP) is 1.39. The molecule has 0 aromatic carbocycles. The molecular formula is C10H13N3O2. The molecule has 0 amide bonds. The minimum atomic E-state index is -1.05. The quantitative estimate of drug-likeness (QED) is 0.783. The lowest BCUT2D eigenvalue weighted by Crippen LogP contribution is -2.34. The first-order valence-corrected chi connectivity index (χ1v) is 4.98. The van der Waals surface area contributed by atoms with Gasteiger partial charge in [-0.1, -0.05) is 6.92 Å². The number of hydrogen-bond acceptors (Lipinski definition) is 4. The fourth-order valence-electron chi connectivity index (χ4n) is 1.75. The normalized spacial score (nSPS) is 24.3. The van der Waals surface area contributed by atoms with Crippen LogP contribution in [0.25, 0.3) is 0 Å². The smallest absolute Gasteiger partial charge is 0.356 e. The van der Waals surface area contributed by atoms with Gasteiger partial charge in [-0.2, -0.15) is 0 Å². The Balaban J connectivity index is 1.95. The molecule has 15 heavy (non-hydrogen) atoms. The van der Waals surface area contributed by atoms with Gasteiger partial charge in [-0.05, 0) is 30.9 Å². The van der Waals surface area contributed by atoms with E-state index in [0.29, 0.717) is 11.9 Å². The van der Waals surface area contributed by atoms with Gasteiger partial charge in [-0.3, -0.25) is 0 Å². The van der Waals surface area contributed by atoms with E-state index in [1.807, 2.05) is 0 Å². The molecule has 1 aliphatic carbocycles. The summed E-state index contributed by atoms with van der Waals surface area (Å²) < 4.78 is 0. The highest BCUT2D eigenvalue weighted by molar-refractivity contribution is 5.85. The first-order chi connectivity index (χ1) is 7.15. The third-order valence-corrected chi connectivity index (χ3v) is 2.61. The molecule has 1 heterocycles. The van der Waals surface area contributed by atoms with E-state index in [2.05, 4.69) is 22.4 Å². The van der Waals surface area contributed by atoms with Crippen molar-refractivity contribution in [2.45, 2.75) is 25.8 Å². The minimum absolute atomic E-state index is 0.0254. The lowest BCUT2D eigenvalue weighted by atomic mass is 9.82. The summed E-state index contributed by atoms with van der Waals surface area (Å²) in [5.74, 6) is 0.372. The van der Waals surface area contributed by atoms with E-state index in [1.54, 1.807) is 6.07 Å². The highest BCUT2D eigenvalue weighted by Crippen LogP contribution is 2.28. The minimum Gasteiger partial charge on any atom is -0.476 e. The predicted molar refractivity (Wildman–Crippen MR) is 54.8 cm³/mol. The van der Waals surface area contributed by atoms with Crippen molar-refractivity contribution in [3.63, 3.8) is 0 Å². The first kappa shape index (κ1) is 9.89. The molecule has 0 spiro atoms. The van der Waals surface area contributed by atoms with Gasteiger partial charge in [0.15, 0.2) is 5.69 Å². The molecule has 5 nitrogen and oxygen atoms in total. The first-order valence-electron chi connectivity index (χ1n) is 4.98. The molecule has 0 atom stereocenters. The number of hydrogen-bond donors (Lipinski definition) is 2. The fourth-order valence-corrected chi connectivity index (χ4v) is 1.75. The summed E-state index contributed by atoms with van der Waals surface area (Å²) in [7, 11) is 0. The summed E-state index contributed by atoms with van der Waals surface area (Å²) in [6, 6.07) is 3.57. The second-order valence-electron chi connectivity index (χ2n) is 4.03. The summed E-state index contributed by atoms with van der Waals surface area (Å²) in [6.45, 7) is 2.21. The van der Waals surface area contributed by atoms with E-state index >= 15 is 0 Å². The Kier molecular flexibility index (Phi) is 2.53. The summed E-state index contributed by atoms with van der Waals surface area (Å²) in [5, 5.41) is 19.2. The SMILES string of the molecule is CC1CC(Nc2ccc(C(=O)O)nn2)C1. The van der Waals surface area contributed by atoms with Crippen LogP contribution >= 0.6 is 0 Å². The Labute approximate surface area is 87.5 Å². The Morgan fingerprint density at radius 3 is 2.67 bits per heavy atom. The number of carboxylic acid groups (broad SMARTS) is 1. The zero-order valence-corrected chi connectivity index (χ0v) is 8.47. The van der Waals surface area contributed by atoms with Crippen LogP contribution in [0.2, 0.25) is 0 Å². The zero-order valence-electron chi connectivity index (χ0n) is 8.47. The number of carboxylic acids is 1.